The zero-order valence-corrected chi connectivity index (χ0v) is 11.7. The first-order valence-corrected chi connectivity index (χ1v) is 7.67. The third-order valence-corrected chi connectivity index (χ3v) is 4.91. The maximum atomic E-state index is 12.5. The van der Waals surface area contributed by atoms with Crippen LogP contribution in [0.5, 0.6) is 0 Å². The Kier molecular flexibility index (Phi) is 5.04. The zero-order chi connectivity index (χ0) is 13.0. The summed E-state index contributed by atoms with van der Waals surface area (Å²) in [7, 11) is 1.99. The van der Waals surface area contributed by atoms with Crippen LogP contribution in [0, 0.1) is 17.8 Å². The van der Waals surface area contributed by atoms with Gasteiger partial charge in [0, 0.05) is 19.5 Å². The second-order valence-electron chi connectivity index (χ2n) is 6.26. The van der Waals surface area contributed by atoms with Crippen LogP contribution in [-0.2, 0) is 4.79 Å². The summed E-state index contributed by atoms with van der Waals surface area (Å²) in [6, 6.07) is 0. The zero-order valence-electron chi connectivity index (χ0n) is 11.7. The minimum absolute atomic E-state index is 0.212. The first kappa shape index (κ1) is 13.9. The number of hydrogen-bond acceptors (Lipinski definition) is 2. The molecule has 18 heavy (non-hydrogen) atoms. The van der Waals surface area contributed by atoms with Crippen molar-refractivity contribution in [3.63, 3.8) is 0 Å². The minimum atomic E-state index is 0.212. The number of hydrogen-bond donors (Lipinski definition) is 1. The van der Waals surface area contributed by atoms with Crippen molar-refractivity contribution in [1.82, 2.24) is 4.90 Å². The van der Waals surface area contributed by atoms with E-state index >= 15 is 0 Å². The topological polar surface area (TPSA) is 46.3 Å². The molecule has 2 fully saturated rings. The Labute approximate surface area is 111 Å². The lowest BCUT2D eigenvalue weighted by molar-refractivity contribution is -0.136. The summed E-state index contributed by atoms with van der Waals surface area (Å²) in [4.78, 5) is 14.5. The van der Waals surface area contributed by atoms with Gasteiger partial charge in [0.2, 0.25) is 5.91 Å². The van der Waals surface area contributed by atoms with E-state index in [0.717, 1.165) is 25.3 Å². The molecule has 0 radical (unpaired) electrons. The molecule has 2 saturated carbocycles. The molecule has 0 aromatic rings. The summed E-state index contributed by atoms with van der Waals surface area (Å²) in [5.41, 5.74) is 5.78. The Morgan fingerprint density at radius 3 is 2.50 bits per heavy atom. The fraction of sp³-hybridized carbons (Fsp3) is 0.933. The maximum Gasteiger partial charge on any atom is 0.225 e. The number of amides is 1. The molecule has 0 bridgehead atoms. The van der Waals surface area contributed by atoms with Crippen molar-refractivity contribution in [3.05, 3.63) is 0 Å². The second kappa shape index (κ2) is 6.55. The summed E-state index contributed by atoms with van der Waals surface area (Å²) < 4.78 is 0. The van der Waals surface area contributed by atoms with Gasteiger partial charge in [0.25, 0.3) is 0 Å². The van der Waals surface area contributed by atoms with Crippen LogP contribution in [0.25, 0.3) is 0 Å². The van der Waals surface area contributed by atoms with Crippen molar-refractivity contribution < 1.29 is 4.79 Å². The molecule has 104 valence electrons. The van der Waals surface area contributed by atoms with Gasteiger partial charge in [-0.2, -0.15) is 0 Å². The van der Waals surface area contributed by atoms with E-state index in [1.54, 1.807) is 0 Å². The predicted molar refractivity (Wildman–Crippen MR) is 74.1 cm³/mol. The molecule has 0 heterocycles. The summed E-state index contributed by atoms with van der Waals surface area (Å²) in [5.74, 6) is 1.74. The number of carbonyl (C=O) groups excluding carboxylic acids is 1. The second-order valence-corrected chi connectivity index (χ2v) is 6.26. The highest BCUT2D eigenvalue weighted by Gasteiger charge is 2.34. The Morgan fingerprint density at radius 2 is 1.83 bits per heavy atom. The third-order valence-electron chi connectivity index (χ3n) is 4.91. The molecule has 2 N–H and O–H groups in total. The molecule has 3 heteroatoms. The largest absolute Gasteiger partial charge is 0.345 e. The monoisotopic (exact) mass is 252 g/mol. The van der Waals surface area contributed by atoms with E-state index in [0.29, 0.717) is 18.4 Å². The molecule has 2 atom stereocenters. The summed E-state index contributed by atoms with van der Waals surface area (Å²) in [6.07, 6.45) is 10.1. The van der Waals surface area contributed by atoms with Crippen LogP contribution in [0.4, 0.5) is 0 Å². The van der Waals surface area contributed by atoms with Crippen molar-refractivity contribution in [3.8, 4) is 0 Å². The highest BCUT2D eigenvalue weighted by atomic mass is 16.2. The average molecular weight is 252 g/mol. The fourth-order valence-corrected chi connectivity index (χ4v) is 3.77. The molecular weight excluding hydrogens is 224 g/mol. The lowest BCUT2D eigenvalue weighted by Crippen LogP contribution is -2.39. The average Bonchev–Trinajstić information content (AvgIpc) is 2.87. The van der Waals surface area contributed by atoms with Crippen molar-refractivity contribution in [2.24, 2.45) is 23.5 Å². The van der Waals surface area contributed by atoms with Gasteiger partial charge in [-0.1, -0.05) is 25.7 Å². The van der Waals surface area contributed by atoms with Gasteiger partial charge < -0.3 is 10.6 Å². The molecule has 3 nitrogen and oxygen atoms in total. The number of nitrogens with zero attached hydrogens (tertiary/aromatic N) is 1. The lowest BCUT2D eigenvalue weighted by Gasteiger charge is -2.30. The van der Waals surface area contributed by atoms with Gasteiger partial charge >= 0.3 is 0 Å². The van der Waals surface area contributed by atoms with Gasteiger partial charge in [-0.15, -0.1) is 0 Å². The predicted octanol–water partition coefficient (Wildman–Crippen LogP) is 2.40. The van der Waals surface area contributed by atoms with Crippen molar-refractivity contribution >= 4 is 5.91 Å². The molecule has 0 spiro atoms. The van der Waals surface area contributed by atoms with Crippen LogP contribution in [0.2, 0.25) is 0 Å². The highest BCUT2D eigenvalue weighted by molar-refractivity contribution is 5.79. The minimum Gasteiger partial charge on any atom is -0.345 e. The van der Waals surface area contributed by atoms with Crippen LogP contribution in [0.15, 0.2) is 0 Å². The van der Waals surface area contributed by atoms with Crippen LogP contribution in [-0.4, -0.2) is 30.9 Å². The molecule has 2 aliphatic carbocycles. The Bertz CT molecular complexity index is 274. The number of rotatable bonds is 4. The number of carbonyl (C=O) groups is 1. The third kappa shape index (κ3) is 3.25. The summed E-state index contributed by atoms with van der Waals surface area (Å²) in [6.45, 7) is 1.64. The highest BCUT2D eigenvalue weighted by Crippen LogP contribution is 2.33. The molecule has 2 rings (SSSR count). The molecule has 1 amide bonds. The maximum absolute atomic E-state index is 12.5. The molecule has 0 aromatic carbocycles. The van der Waals surface area contributed by atoms with Crippen molar-refractivity contribution in [1.29, 1.82) is 0 Å². The molecule has 0 aliphatic heterocycles. The SMILES string of the molecule is CN(CC1CCCCC1)C(=O)[C@@H]1CCC[C@@H]1CN. The van der Waals surface area contributed by atoms with E-state index < -0.39 is 0 Å². The van der Waals surface area contributed by atoms with Crippen LogP contribution < -0.4 is 5.73 Å². The smallest absolute Gasteiger partial charge is 0.225 e. The summed E-state index contributed by atoms with van der Waals surface area (Å²) in [5, 5.41) is 0. The quantitative estimate of drug-likeness (QED) is 0.835. The Hall–Kier alpha value is -0.570. The first-order chi connectivity index (χ1) is 8.72. The first-order valence-electron chi connectivity index (χ1n) is 7.67. The van der Waals surface area contributed by atoms with E-state index in [4.69, 9.17) is 5.73 Å². The lowest BCUT2D eigenvalue weighted by atomic mass is 9.88. The van der Waals surface area contributed by atoms with Gasteiger partial charge in [-0.3, -0.25) is 4.79 Å². The van der Waals surface area contributed by atoms with E-state index in [9.17, 15) is 4.79 Å². The summed E-state index contributed by atoms with van der Waals surface area (Å²) >= 11 is 0. The van der Waals surface area contributed by atoms with E-state index in [1.807, 2.05) is 11.9 Å². The van der Waals surface area contributed by atoms with Crippen molar-refractivity contribution in [2.45, 2.75) is 51.4 Å². The van der Waals surface area contributed by atoms with E-state index in [-0.39, 0.29) is 5.92 Å². The Morgan fingerprint density at radius 1 is 1.11 bits per heavy atom. The van der Waals surface area contributed by atoms with Gasteiger partial charge in [0.05, 0.1) is 0 Å². The molecular formula is C15H28N2O. The molecule has 0 aromatic heterocycles. The van der Waals surface area contributed by atoms with Crippen LogP contribution in [0.3, 0.4) is 0 Å². The number of nitrogens with two attached hydrogens (primary N) is 1. The molecule has 0 unspecified atom stereocenters. The molecule has 0 saturated heterocycles. The molecule has 2 aliphatic rings. The van der Waals surface area contributed by atoms with E-state index in [1.165, 1.54) is 38.5 Å². The van der Waals surface area contributed by atoms with Crippen LogP contribution >= 0.6 is 0 Å². The van der Waals surface area contributed by atoms with Gasteiger partial charge in [-0.25, -0.2) is 0 Å². The Balaban J connectivity index is 1.83. The standard InChI is InChI=1S/C15H28N2O/c1-17(11-12-6-3-2-4-7-12)15(18)14-9-5-8-13(14)10-16/h12-14H,2-11,16H2,1H3/t13-,14-/m1/s1. The van der Waals surface area contributed by atoms with Gasteiger partial charge in [0.15, 0.2) is 0 Å². The van der Waals surface area contributed by atoms with E-state index in [2.05, 4.69) is 0 Å². The van der Waals surface area contributed by atoms with Crippen molar-refractivity contribution in [2.75, 3.05) is 20.1 Å². The van der Waals surface area contributed by atoms with Gasteiger partial charge in [-0.05, 0) is 44.1 Å². The normalized spacial score (nSPS) is 29.4. The van der Waals surface area contributed by atoms with Gasteiger partial charge in [0.1, 0.15) is 0 Å². The fourth-order valence-electron chi connectivity index (χ4n) is 3.77. The van der Waals surface area contributed by atoms with Crippen LogP contribution in [0.1, 0.15) is 51.4 Å².